The summed E-state index contributed by atoms with van der Waals surface area (Å²) in [5.74, 6) is -0.318. The molecule has 0 aliphatic heterocycles. The smallest absolute Gasteiger partial charge is 0.141 e. The normalized spacial score (nSPS) is 11.0. The third-order valence-corrected chi connectivity index (χ3v) is 3.09. The lowest BCUT2D eigenvalue weighted by Crippen LogP contribution is -1.98. The van der Waals surface area contributed by atoms with Gasteiger partial charge in [-0.3, -0.25) is 4.98 Å². The van der Waals surface area contributed by atoms with Crippen molar-refractivity contribution < 1.29 is 4.39 Å². The molecule has 0 spiro atoms. The number of nitrogens with zero attached hydrogens (tertiary/aromatic N) is 2. The molecule has 0 aliphatic carbocycles. The van der Waals surface area contributed by atoms with Gasteiger partial charge in [-0.1, -0.05) is 17.7 Å². The minimum absolute atomic E-state index is 0.318. The van der Waals surface area contributed by atoms with Crippen molar-refractivity contribution >= 4 is 22.5 Å². The van der Waals surface area contributed by atoms with E-state index in [1.54, 1.807) is 6.20 Å². The van der Waals surface area contributed by atoms with Gasteiger partial charge < -0.3 is 4.57 Å². The molecule has 0 unspecified atom stereocenters. The average molecular weight is 261 g/mol. The molecule has 1 aromatic carbocycles. The predicted molar refractivity (Wildman–Crippen MR) is 70.2 cm³/mol. The maximum absolute atomic E-state index is 13.1. The van der Waals surface area contributed by atoms with Crippen molar-refractivity contribution in [3.8, 4) is 0 Å². The van der Waals surface area contributed by atoms with E-state index in [2.05, 4.69) is 4.98 Å². The van der Waals surface area contributed by atoms with Crippen molar-refractivity contribution in [1.29, 1.82) is 0 Å². The molecule has 0 N–H and O–H groups in total. The van der Waals surface area contributed by atoms with E-state index in [1.807, 2.05) is 35.0 Å². The molecule has 2 nitrogen and oxygen atoms in total. The number of halogens is 2. The van der Waals surface area contributed by atoms with E-state index in [1.165, 1.54) is 12.3 Å². The number of fused-ring (bicyclic) bond motifs is 1. The van der Waals surface area contributed by atoms with Crippen LogP contribution in [0.2, 0.25) is 5.02 Å². The summed E-state index contributed by atoms with van der Waals surface area (Å²) in [6, 6.07) is 9.24. The number of rotatable bonds is 2. The summed E-state index contributed by atoms with van der Waals surface area (Å²) in [5, 5.41) is 1.81. The Balaban J connectivity index is 2.02. The van der Waals surface area contributed by atoms with Gasteiger partial charge in [-0.05, 0) is 35.2 Å². The number of aromatic nitrogens is 2. The third kappa shape index (κ3) is 2.09. The molecule has 90 valence electrons. The van der Waals surface area contributed by atoms with Gasteiger partial charge in [-0.25, -0.2) is 4.39 Å². The largest absolute Gasteiger partial charge is 0.343 e. The molecule has 0 radical (unpaired) electrons. The molecule has 18 heavy (non-hydrogen) atoms. The van der Waals surface area contributed by atoms with Gasteiger partial charge in [0.1, 0.15) is 5.82 Å². The molecule has 3 rings (SSSR count). The summed E-state index contributed by atoms with van der Waals surface area (Å²) in [5.41, 5.74) is 1.86. The SMILES string of the molecule is Fc1cncc(Cn2ccc3ccc(Cl)cc32)c1. The van der Waals surface area contributed by atoms with Gasteiger partial charge >= 0.3 is 0 Å². The van der Waals surface area contributed by atoms with Gasteiger partial charge in [0.2, 0.25) is 0 Å². The van der Waals surface area contributed by atoms with Gasteiger partial charge in [0.15, 0.2) is 0 Å². The van der Waals surface area contributed by atoms with Gasteiger partial charge in [0.05, 0.1) is 6.20 Å². The van der Waals surface area contributed by atoms with Crippen LogP contribution < -0.4 is 0 Å². The van der Waals surface area contributed by atoms with Crippen molar-refractivity contribution in [1.82, 2.24) is 9.55 Å². The summed E-state index contributed by atoms with van der Waals surface area (Å²) in [6.45, 7) is 0.578. The maximum Gasteiger partial charge on any atom is 0.141 e. The molecule has 0 saturated heterocycles. The van der Waals surface area contributed by atoms with Crippen LogP contribution >= 0.6 is 11.6 Å². The minimum Gasteiger partial charge on any atom is -0.343 e. The van der Waals surface area contributed by atoms with Crippen LogP contribution in [0, 0.1) is 5.82 Å². The Labute approximate surface area is 109 Å². The Morgan fingerprint density at radius 3 is 2.89 bits per heavy atom. The highest BCUT2D eigenvalue weighted by atomic mass is 35.5. The summed E-state index contributed by atoms with van der Waals surface area (Å²) in [4.78, 5) is 3.85. The fourth-order valence-electron chi connectivity index (χ4n) is 2.03. The molecule has 4 heteroatoms. The molecule has 0 saturated carbocycles. The molecule has 2 aromatic heterocycles. The third-order valence-electron chi connectivity index (χ3n) is 2.85. The number of hydrogen-bond acceptors (Lipinski definition) is 1. The molecule has 3 aromatic rings. The monoisotopic (exact) mass is 260 g/mol. The quantitative estimate of drug-likeness (QED) is 0.684. The predicted octanol–water partition coefficient (Wildman–Crippen LogP) is 3.88. The van der Waals surface area contributed by atoms with Crippen molar-refractivity contribution in [2.75, 3.05) is 0 Å². The van der Waals surface area contributed by atoms with Crippen molar-refractivity contribution in [3.05, 3.63) is 65.3 Å². The van der Waals surface area contributed by atoms with Crippen molar-refractivity contribution in [2.45, 2.75) is 6.54 Å². The number of benzene rings is 1. The van der Waals surface area contributed by atoms with E-state index in [0.29, 0.717) is 11.6 Å². The highest BCUT2D eigenvalue weighted by molar-refractivity contribution is 6.31. The van der Waals surface area contributed by atoms with Crippen LogP contribution in [0.3, 0.4) is 0 Å². The summed E-state index contributed by atoms with van der Waals surface area (Å²) < 4.78 is 15.1. The second-order valence-electron chi connectivity index (χ2n) is 4.16. The number of hydrogen-bond donors (Lipinski definition) is 0. The molecule has 0 aliphatic rings. The Kier molecular flexibility index (Phi) is 2.76. The van der Waals surface area contributed by atoms with E-state index in [9.17, 15) is 4.39 Å². The highest BCUT2D eigenvalue weighted by Crippen LogP contribution is 2.21. The van der Waals surface area contributed by atoms with E-state index >= 15 is 0 Å². The lowest BCUT2D eigenvalue weighted by atomic mass is 10.2. The van der Waals surface area contributed by atoms with Crippen LogP contribution in [0.5, 0.6) is 0 Å². The van der Waals surface area contributed by atoms with Gasteiger partial charge in [0.25, 0.3) is 0 Å². The molecule has 0 atom stereocenters. The fraction of sp³-hybridized carbons (Fsp3) is 0.0714. The maximum atomic E-state index is 13.1. The first-order chi connectivity index (χ1) is 8.72. The molecule has 0 amide bonds. The standard InChI is InChI=1S/C14H10ClFN2/c15-12-2-1-11-3-4-18(14(11)6-12)9-10-5-13(16)8-17-7-10/h1-8H,9H2. The van der Waals surface area contributed by atoms with Crippen LogP contribution in [0.15, 0.2) is 48.9 Å². The second kappa shape index (κ2) is 4.42. The second-order valence-corrected chi connectivity index (χ2v) is 4.59. The summed E-state index contributed by atoms with van der Waals surface area (Å²) in [7, 11) is 0. The Bertz CT molecular complexity index is 706. The molecule has 0 bridgehead atoms. The van der Waals surface area contributed by atoms with Crippen LogP contribution in [0.1, 0.15) is 5.56 Å². The minimum atomic E-state index is -0.318. The number of pyridine rings is 1. The molecule has 2 heterocycles. The van der Waals surface area contributed by atoms with Crippen LogP contribution in [-0.2, 0) is 6.54 Å². The fourth-order valence-corrected chi connectivity index (χ4v) is 2.20. The van der Waals surface area contributed by atoms with E-state index in [4.69, 9.17) is 11.6 Å². The molecular weight excluding hydrogens is 251 g/mol. The zero-order chi connectivity index (χ0) is 12.5. The van der Waals surface area contributed by atoms with Crippen molar-refractivity contribution in [3.63, 3.8) is 0 Å². The zero-order valence-corrected chi connectivity index (χ0v) is 10.2. The average Bonchev–Trinajstić information content (AvgIpc) is 2.72. The Morgan fingerprint density at radius 2 is 2.06 bits per heavy atom. The van der Waals surface area contributed by atoms with Gasteiger partial charge in [0, 0.05) is 29.5 Å². The molecule has 0 fully saturated rings. The Hall–Kier alpha value is -1.87. The summed E-state index contributed by atoms with van der Waals surface area (Å²) >= 11 is 5.99. The van der Waals surface area contributed by atoms with E-state index in [-0.39, 0.29) is 5.82 Å². The van der Waals surface area contributed by atoms with E-state index in [0.717, 1.165) is 16.5 Å². The first-order valence-corrected chi connectivity index (χ1v) is 5.94. The first kappa shape index (κ1) is 11.2. The highest BCUT2D eigenvalue weighted by Gasteiger charge is 2.03. The van der Waals surface area contributed by atoms with Crippen LogP contribution in [-0.4, -0.2) is 9.55 Å². The zero-order valence-electron chi connectivity index (χ0n) is 9.48. The Morgan fingerprint density at radius 1 is 1.17 bits per heavy atom. The van der Waals surface area contributed by atoms with E-state index < -0.39 is 0 Å². The van der Waals surface area contributed by atoms with Crippen LogP contribution in [0.25, 0.3) is 10.9 Å². The van der Waals surface area contributed by atoms with Gasteiger partial charge in [-0.2, -0.15) is 0 Å². The molecular formula is C14H10ClFN2. The topological polar surface area (TPSA) is 17.8 Å². The summed E-state index contributed by atoms with van der Waals surface area (Å²) in [6.07, 6.45) is 4.83. The lowest BCUT2D eigenvalue weighted by Gasteiger charge is -2.05. The lowest BCUT2D eigenvalue weighted by molar-refractivity contribution is 0.617. The van der Waals surface area contributed by atoms with Gasteiger partial charge in [-0.15, -0.1) is 0 Å². The first-order valence-electron chi connectivity index (χ1n) is 5.56. The van der Waals surface area contributed by atoms with Crippen molar-refractivity contribution in [2.24, 2.45) is 0 Å². The van der Waals surface area contributed by atoms with Crippen LogP contribution in [0.4, 0.5) is 4.39 Å².